The molecule has 2 nitrogen and oxygen atoms in total. The number of rotatable bonds is 6. The number of carbonyl (C=O) groups is 1. The normalized spacial score (nSPS) is 11.1. The van der Waals surface area contributed by atoms with E-state index in [0.717, 1.165) is 12.8 Å². The zero-order valence-corrected chi connectivity index (χ0v) is 10.2. The summed E-state index contributed by atoms with van der Waals surface area (Å²) in [6.07, 6.45) is 8.98. The van der Waals surface area contributed by atoms with Crippen LogP contribution in [0.2, 0.25) is 0 Å². The number of benzene rings is 1. The maximum absolute atomic E-state index is 11.3. The molecule has 0 radical (unpaired) electrons. The molecule has 0 atom stereocenters. The largest absolute Gasteiger partial charge is 0.353 e. The van der Waals surface area contributed by atoms with Gasteiger partial charge in [0.2, 0.25) is 5.91 Å². The lowest BCUT2D eigenvalue weighted by Crippen LogP contribution is -2.22. The summed E-state index contributed by atoms with van der Waals surface area (Å²) in [5, 5.41) is 2.85. The van der Waals surface area contributed by atoms with E-state index in [1.165, 1.54) is 5.56 Å². The Hall–Kier alpha value is -1.83. The van der Waals surface area contributed by atoms with E-state index in [4.69, 9.17) is 0 Å². The van der Waals surface area contributed by atoms with E-state index >= 15 is 0 Å². The van der Waals surface area contributed by atoms with Crippen LogP contribution in [-0.2, 0) is 11.2 Å². The van der Waals surface area contributed by atoms with Crippen LogP contribution in [0.3, 0.4) is 0 Å². The minimum absolute atomic E-state index is 0.0313. The number of amides is 1. The van der Waals surface area contributed by atoms with Crippen LogP contribution in [0.1, 0.15) is 18.9 Å². The maximum Gasteiger partial charge on any atom is 0.243 e. The van der Waals surface area contributed by atoms with Crippen molar-refractivity contribution in [1.82, 2.24) is 5.32 Å². The molecule has 0 bridgehead atoms. The molecule has 1 rings (SSSR count). The monoisotopic (exact) mass is 229 g/mol. The minimum Gasteiger partial charge on any atom is -0.353 e. The Bertz CT molecular complexity index is 379. The third-order valence-electron chi connectivity index (χ3n) is 2.34. The fourth-order valence-corrected chi connectivity index (χ4v) is 1.46. The third-order valence-corrected chi connectivity index (χ3v) is 2.34. The second-order valence-electron chi connectivity index (χ2n) is 3.77. The van der Waals surface area contributed by atoms with Gasteiger partial charge in [0.25, 0.3) is 0 Å². The summed E-state index contributed by atoms with van der Waals surface area (Å²) >= 11 is 0. The van der Waals surface area contributed by atoms with Gasteiger partial charge in [-0.3, -0.25) is 4.79 Å². The molecule has 0 aliphatic carbocycles. The molecule has 0 saturated carbocycles. The molecule has 0 aliphatic rings. The van der Waals surface area contributed by atoms with Crippen LogP contribution in [0.4, 0.5) is 0 Å². The topological polar surface area (TPSA) is 29.1 Å². The smallest absolute Gasteiger partial charge is 0.243 e. The van der Waals surface area contributed by atoms with E-state index in [1.54, 1.807) is 12.2 Å². The Morgan fingerprint density at radius 3 is 2.71 bits per heavy atom. The Morgan fingerprint density at radius 2 is 2.00 bits per heavy atom. The predicted octanol–water partition coefficient (Wildman–Crippen LogP) is 2.87. The number of nitrogens with one attached hydrogen (secondary N) is 1. The molecule has 0 spiro atoms. The van der Waals surface area contributed by atoms with Gasteiger partial charge in [-0.25, -0.2) is 0 Å². The molecule has 1 aromatic rings. The fraction of sp³-hybridized carbons (Fsp3) is 0.267. The van der Waals surface area contributed by atoms with Crippen LogP contribution in [0.15, 0.2) is 54.6 Å². The molecule has 0 aromatic heterocycles. The van der Waals surface area contributed by atoms with Crippen molar-refractivity contribution in [1.29, 1.82) is 0 Å². The summed E-state index contributed by atoms with van der Waals surface area (Å²) < 4.78 is 0. The highest BCUT2D eigenvalue weighted by atomic mass is 16.1. The molecule has 0 saturated heterocycles. The Morgan fingerprint density at radius 1 is 1.24 bits per heavy atom. The van der Waals surface area contributed by atoms with Gasteiger partial charge >= 0.3 is 0 Å². The van der Waals surface area contributed by atoms with Gasteiger partial charge < -0.3 is 5.32 Å². The number of carbonyl (C=O) groups excluding carboxylic acids is 1. The van der Waals surface area contributed by atoms with Crippen molar-refractivity contribution in [2.24, 2.45) is 0 Å². The van der Waals surface area contributed by atoms with Crippen LogP contribution in [0.25, 0.3) is 0 Å². The van der Waals surface area contributed by atoms with Gasteiger partial charge in [-0.2, -0.15) is 0 Å². The van der Waals surface area contributed by atoms with Crippen LogP contribution in [0.5, 0.6) is 0 Å². The Labute approximate surface area is 103 Å². The molecule has 0 unspecified atom stereocenters. The van der Waals surface area contributed by atoms with Crippen molar-refractivity contribution in [3.05, 3.63) is 60.2 Å². The molecular weight excluding hydrogens is 210 g/mol. The average molecular weight is 229 g/mol. The predicted molar refractivity (Wildman–Crippen MR) is 71.7 cm³/mol. The fourth-order valence-electron chi connectivity index (χ4n) is 1.46. The lowest BCUT2D eigenvalue weighted by molar-refractivity contribution is -0.116. The van der Waals surface area contributed by atoms with Crippen LogP contribution in [-0.4, -0.2) is 12.5 Å². The van der Waals surface area contributed by atoms with Crippen molar-refractivity contribution in [3.8, 4) is 0 Å². The minimum atomic E-state index is -0.0313. The first-order valence-corrected chi connectivity index (χ1v) is 5.94. The summed E-state index contributed by atoms with van der Waals surface area (Å²) in [5.41, 5.74) is 1.31. The number of hydrogen-bond acceptors (Lipinski definition) is 1. The first kappa shape index (κ1) is 13.2. The van der Waals surface area contributed by atoms with Crippen molar-refractivity contribution >= 4 is 5.91 Å². The van der Waals surface area contributed by atoms with Gasteiger partial charge in [0.15, 0.2) is 0 Å². The standard InChI is InChI=1S/C15H19NO/c1-2-3-5-12-15(17)16-13-8-11-14-9-6-4-7-10-14/h2-7,9-10,12H,8,11,13H2,1H3,(H,16,17)/b3-2+,12-5+. The van der Waals surface area contributed by atoms with E-state index in [2.05, 4.69) is 17.4 Å². The zero-order valence-electron chi connectivity index (χ0n) is 10.2. The van der Waals surface area contributed by atoms with Crippen LogP contribution >= 0.6 is 0 Å². The Balaban J connectivity index is 2.14. The van der Waals surface area contributed by atoms with E-state index in [-0.39, 0.29) is 5.91 Å². The molecule has 0 heterocycles. The molecule has 2 heteroatoms. The molecule has 0 aliphatic heterocycles. The van der Waals surface area contributed by atoms with E-state index in [0.29, 0.717) is 6.54 Å². The van der Waals surface area contributed by atoms with E-state index < -0.39 is 0 Å². The number of allylic oxidation sites excluding steroid dienone is 3. The Kier molecular flexibility index (Phi) is 6.49. The summed E-state index contributed by atoms with van der Waals surface area (Å²) in [7, 11) is 0. The van der Waals surface area contributed by atoms with Crippen molar-refractivity contribution in [2.45, 2.75) is 19.8 Å². The second-order valence-corrected chi connectivity index (χ2v) is 3.77. The average Bonchev–Trinajstić information content (AvgIpc) is 2.36. The summed E-state index contributed by atoms with van der Waals surface area (Å²) in [6, 6.07) is 10.3. The van der Waals surface area contributed by atoms with Gasteiger partial charge in [-0.1, -0.05) is 48.6 Å². The van der Waals surface area contributed by atoms with Gasteiger partial charge in [-0.15, -0.1) is 0 Å². The molecular formula is C15H19NO. The van der Waals surface area contributed by atoms with Crippen molar-refractivity contribution < 1.29 is 4.79 Å². The quantitative estimate of drug-likeness (QED) is 0.453. The van der Waals surface area contributed by atoms with E-state index in [1.807, 2.05) is 37.3 Å². The zero-order chi connectivity index (χ0) is 12.3. The van der Waals surface area contributed by atoms with Gasteiger partial charge in [0.1, 0.15) is 0 Å². The summed E-state index contributed by atoms with van der Waals surface area (Å²) in [5.74, 6) is -0.0313. The first-order chi connectivity index (χ1) is 8.33. The lowest BCUT2D eigenvalue weighted by atomic mass is 10.1. The SMILES string of the molecule is C/C=C/C=C/C(=O)NCCCc1ccccc1. The second kappa shape index (κ2) is 8.34. The highest BCUT2D eigenvalue weighted by Crippen LogP contribution is 2.01. The molecule has 0 fully saturated rings. The molecule has 1 aromatic carbocycles. The molecule has 17 heavy (non-hydrogen) atoms. The lowest BCUT2D eigenvalue weighted by Gasteiger charge is -2.02. The summed E-state index contributed by atoms with van der Waals surface area (Å²) in [6.45, 7) is 2.63. The maximum atomic E-state index is 11.3. The molecule has 90 valence electrons. The summed E-state index contributed by atoms with van der Waals surface area (Å²) in [4.78, 5) is 11.3. The van der Waals surface area contributed by atoms with Crippen molar-refractivity contribution in [3.63, 3.8) is 0 Å². The first-order valence-electron chi connectivity index (χ1n) is 5.94. The molecule has 1 N–H and O–H groups in total. The number of aryl methyl sites for hydroxylation is 1. The van der Waals surface area contributed by atoms with Crippen LogP contribution in [0, 0.1) is 0 Å². The third kappa shape index (κ3) is 6.36. The van der Waals surface area contributed by atoms with Crippen LogP contribution < -0.4 is 5.32 Å². The highest BCUT2D eigenvalue weighted by molar-refractivity contribution is 5.87. The van der Waals surface area contributed by atoms with Gasteiger partial charge in [0, 0.05) is 12.6 Å². The molecule has 1 amide bonds. The van der Waals surface area contributed by atoms with Crippen molar-refractivity contribution in [2.75, 3.05) is 6.54 Å². The number of hydrogen-bond donors (Lipinski definition) is 1. The van der Waals surface area contributed by atoms with Gasteiger partial charge in [0.05, 0.1) is 0 Å². The highest BCUT2D eigenvalue weighted by Gasteiger charge is 1.94. The van der Waals surface area contributed by atoms with E-state index in [9.17, 15) is 4.79 Å². The van der Waals surface area contributed by atoms with Gasteiger partial charge in [-0.05, 0) is 25.3 Å².